The largest absolute Gasteiger partial charge is 0.394 e. The number of rotatable bonds is 5. The molecule has 3 unspecified atom stereocenters. The van der Waals surface area contributed by atoms with Gasteiger partial charge in [-0.3, -0.25) is 4.79 Å². The van der Waals surface area contributed by atoms with E-state index in [0.29, 0.717) is 19.7 Å². The summed E-state index contributed by atoms with van der Waals surface area (Å²) < 4.78 is 5.42. The maximum Gasteiger partial charge on any atom is 0.227 e. The van der Waals surface area contributed by atoms with Crippen LogP contribution in [-0.4, -0.2) is 60.9 Å². The van der Waals surface area contributed by atoms with Gasteiger partial charge in [0.05, 0.1) is 25.4 Å². The zero-order chi connectivity index (χ0) is 12.8. The summed E-state index contributed by atoms with van der Waals surface area (Å²) in [4.78, 5) is 14.1. The molecule has 1 amide bonds. The molecule has 1 heterocycles. The van der Waals surface area contributed by atoms with Gasteiger partial charge < -0.3 is 20.1 Å². The highest BCUT2D eigenvalue weighted by Gasteiger charge is 2.31. The predicted octanol–water partition coefficient (Wildman–Crippen LogP) is -0.160. The molecule has 1 fully saturated rings. The molecule has 3 atom stereocenters. The van der Waals surface area contributed by atoms with Gasteiger partial charge in [-0.15, -0.1) is 0 Å². The van der Waals surface area contributed by atoms with E-state index < -0.39 is 0 Å². The molecule has 0 aromatic carbocycles. The number of aliphatic hydroxyl groups is 1. The average Bonchev–Trinajstić information content (AvgIpc) is 2.35. The summed E-state index contributed by atoms with van der Waals surface area (Å²) in [5, 5.41) is 12.3. The van der Waals surface area contributed by atoms with E-state index in [2.05, 4.69) is 5.32 Å². The van der Waals surface area contributed by atoms with E-state index in [1.807, 2.05) is 25.7 Å². The van der Waals surface area contributed by atoms with E-state index in [1.54, 1.807) is 0 Å². The molecular weight excluding hydrogens is 220 g/mol. The number of nitrogens with one attached hydrogen (secondary N) is 1. The number of morpholine rings is 1. The van der Waals surface area contributed by atoms with Gasteiger partial charge in [0, 0.05) is 19.0 Å². The molecule has 0 aromatic rings. The summed E-state index contributed by atoms with van der Waals surface area (Å²) in [6.07, 6.45) is -0.235. The Balaban J connectivity index is 2.53. The van der Waals surface area contributed by atoms with Crippen LogP contribution in [0.1, 0.15) is 20.8 Å². The zero-order valence-electron chi connectivity index (χ0n) is 11.0. The number of amides is 1. The Morgan fingerprint density at radius 1 is 1.65 bits per heavy atom. The molecule has 0 aliphatic carbocycles. The molecule has 1 saturated heterocycles. The van der Waals surface area contributed by atoms with E-state index in [0.717, 1.165) is 6.54 Å². The lowest BCUT2D eigenvalue weighted by Crippen LogP contribution is -2.54. The Labute approximate surface area is 103 Å². The standard InChI is InChI=1S/C12H24N2O3/c1-4-13-5-9(2)12(16)14-6-11(7-15)17-8-10(14)3/h9-11,13,15H,4-8H2,1-3H3. The quantitative estimate of drug-likeness (QED) is 0.705. The van der Waals surface area contributed by atoms with Gasteiger partial charge in [-0.1, -0.05) is 13.8 Å². The maximum absolute atomic E-state index is 12.2. The normalized spacial score (nSPS) is 26.9. The fourth-order valence-corrected chi connectivity index (χ4v) is 1.97. The van der Waals surface area contributed by atoms with Gasteiger partial charge in [-0.25, -0.2) is 0 Å². The average molecular weight is 244 g/mol. The highest BCUT2D eigenvalue weighted by Crippen LogP contribution is 2.14. The van der Waals surface area contributed by atoms with E-state index in [4.69, 9.17) is 9.84 Å². The minimum atomic E-state index is -0.235. The first-order chi connectivity index (χ1) is 8.10. The van der Waals surface area contributed by atoms with Crippen LogP contribution in [-0.2, 0) is 9.53 Å². The topological polar surface area (TPSA) is 61.8 Å². The van der Waals surface area contributed by atoms with Crippen LogP contribution in [0.15, 0.2) is 0 Å². The van der Waals surface area contributed by atoms with Crippen molar-refractivity contribution in [3.05, 3.63) is 0 Å². The molecule has 100 valence electrons. The lowest BCUT2D eigenvalue weighted by Gasteiger charge is -2.38. The smallest absolute Gasteiger partial charge is 0.227 e. The molecule has 17 heavy (non-hydrogen) atoms. The van der Waals surface area contributed by atoms with Crippen molar-refractivity contribution >= 4 is 5.91 Å². The van der Waals surface area contributed by atoms with Crippen molar-refractivity contribution in [2.24, 2.45) is 5.92 Å². The number of carbonyl (C=O) groups is 1. The van der Waals surface area contributed by atoms with Crippen LogP contribution in [0, 0.1) is 5.92 Å². The molecule has 2 N–H and O–H groups in total. The number of aliphatic hydroxyl groups excluding tert-OH is 1. The van der Waals surface area contributed by atoms with Gasteiger partial charge in [0.2, 0.25) is 5.91 Å². The van der Waals surface area contributed by atoms with Gasteiger partial charge in [0.15, 0.2) is 0 Å². The van der Waals surface area contributed by atoms with Gasteiger partial charge >= 0.3 is 0 Å². The zero-order valence-corrected chi connectivity index (χ0v) is 11.0. The number of hydrogen-bond acceptors (Lipinski definition) is 4. The van der Waals surface area contributed by atoms with Crippen molar-refractivity contribution in [3.8, 4) is 0 Å². The minimum absolute atomic E-state index is 0.0297. The molecule has 5 nitrogen and oxygen atoms in total. The summed E-state index contributed by atoms with van der Waals surface area (Å²) in [5.74, 6) is 0.107. The van der Waals surface area contributed by atoms with Crippen LogP contribution in [0.5, 0.6) is 0 Å². The van der Waals surface area contributed by atoms with Crippen molar-refractivity contribution in [2.75, 3.05) is 32.8 Å². The summed E-state index contributed by atoms with van der Waals surface area (Å²) in [6, 6.07) is 0.0920. The monoisotopic (exact) mass is 244 g/mol. The molecule has 0 saturated carbocycles. The van der Waals surface area contributed by atoms with Gasteiger partial charge in [-0.2, -0.15) is 0 Å². The van der Waals surface area contributed by atoms with Crippen molar-refractivity contribution in [1.82, 2.24) is 10.2 Å². The third-order valence-electron chi connectivity index (χ3n) is 3.11. The first-order valence-corrected chi connectivity index (χ1v) is 6.33. The number of hydrogen-bond donors (Lipinski definition) is 2. The molecular formula is C12H24N2O3. The lowest BCUT2D eigenvalue weighted by molar-refractivity contribution is -0.149. The SMILES string of the molecule is CCNCC(C)C(=O)N1CC(CO)OCC1C. The second-order valence-corrected chi connectivity index (χ2v) is 4.69. The van der Waals surface area contributed by atoms with Gasteiger partial charge in [0.1, 0.15) is 0 Å². The van der Waals surface area contributed by atoms with Crippen LogP contribution < -0.4 is 5.32 Å². The molecule has 1 aliphatic heterocycles. The van der Waals surface area contributed by atoms with Crippen molar-refractivity contribution < 1.29 is 14.6 Å². The van der Waals surface area contributed by atoms with Crippen LogP contribution in [0.3, 0.4) is 0 Å². The fraction of sp³-hybridized carbons (Fsp3) is 0.917. The number of carbonyl (C=O) groups excluding carboxylic acids is 1. The summed E-state index contributed by atoms with van der Waals surface area (Å²) in [5.41, 5.74) is 0. The molecule has 0 bridgehead atoms. The van der Waals surface area contributed by atoms with Crippen molar-refractivity contribution in [1.29, 1.82) is 0 Å². The van der Waals surface area contributed by atoms with E-state index in [1.165, 1.54) is 0 Å². The fourth-order valence-electron chi connectivity index (χ4n) is 1.97. The molecule has 0 radical (unpaired) electrons. The third-order valence-corrected chi connectivity index (χ3v) is 3.11. The first-order valence-electron chi connectivity index (χ1n) is 6.33. The Kier molecular flexibility index (Phi) is 5.88. The number of ether oxygens (including phenoxy) is 1. The predicted molar refractivity (Wildman–Crippen MR) is 65.7 cm³/mol. The maximum atomic E-state index is 12.2. The van der Waals surface area contributed by atoms with Crippen LogP contribution in [0.25, 0.3) is 0 Å². The second kappa shape index (κ2) is 6.93. The molecule has 0 spiro atoms. The Morgan fingerprint density at radius 2 is 2.35 bits per heavy atom. The van der Waals surface area contributed by atoms with Crippen LogP contribution >= 0.6 is 0 Å². The number of nitrogens with zero attached hydrogens (tertiary/aromatic N) is 1. The Morgan fingerprint density at radius 3 is 2.94 bits per heavy atom. The summed E-state index contributed by atoms with van der Waals surface area (Å²) in [7, 11) is 0. The second-order valence-electron chi connectivity index (χ2n) is 4.69. The Hall–Kier alpha value is -0.650. The highest BCUT2D eigenvalue weighted by molar-refractivity contribution is 5.79. The van der Waals surface area contributed by atoms with E-state index >= 15 is 0 Å². The molecule has 0 aromatic heterocycles. The molecule has 1 aliphatic rings. The van der Waals surface area contributed by atoms with Gasteiger partial charge in [-0.05, 0) is 13.5 Å². The van der Waals surface area contributed by atoms with E-state index in [-0.39, 0.29) is 30.6 Å². The van der Waals surface area contributed by atoms with E-state index in [9.17, 15) is 4.79 Å². The Bertz CT molecular complexity index is 248. The molecule has 1 rings (SSSR count). The van der Waals surface area contributed by atoms with Crippen LogP contribution in [0.4, 0.5) is 0 Å². The lowest BCUT2D eigenvalue weighted by atomic mass is 10.1. The van der Waals surface area contributed by atoms with Crippen molar-refractivity contribution in [2.45, 2.75) is 32.9 Å². The summed E-state index contributed by atoms with van der Waals surface area (Å²) >= 11 is 0. The minimum Gasteiger partial charge on any atom is -0.394 e. The highest BCUT2D eigenvalue weighted by atomic mass is 16.5. The molecule has 5 heteroatoms. The van der Waals surface area contributed by atoms with Gasteiger partial charge in [0.25, 0.3) is 0 Å². The third kappa shape index (κ3) is 3.94. The van der Waals surface area contributed by atoms with Crippen molar-refractivity contribution in [3.63, 3.8) is 0 Å². The first kappa shape index (κ1) is 14.4. The summed E-state index contributed by atoms with van der Waals surface area (Å²) in [6.45, 7) is 8.47. The van der Waals surface area contributed by atoms with Crippen LogP contribution in [0.2, 0.25) is 0 Å².